The number of aryl methyl sites for hydroxylation is 1. The van der Waals surface area contributed by atoms with E-state index in [2.05, 4.69) is 17.5 Å². The average Bonchev–Trinajstić information content (AvgIpc) is 2.64. The Kier molecular flexibility index (Phi) is 7.17. The lowest BCUT2D eigenvalue weighted by atomic mass is 9.85. The van der Waals surface area contributed by atoms with Crippen molar-refractivity contribution in [3.8, 4) is 12.1 Å². The van der Waals surface area contributed by atoms with Gasteiger partial charge in [0, 0.05) is 24.9 Å². The molecule has 0 spiro atoms. The fraction of sp³-hybridized carbons (Fsp3) is 0.524. The maximum absolute atomic E-state index is 10.7. The summed E-state index contributed by atoms with van der Waals surface area (Å²) in [4.78, 5) is 1.65. The fourth-order valence-electron chi connectivity index (χ4n) is 3.83. The molecule has 0 aliphatic carbocycles. The van der Waals surface area contributed by atoms with Crippen LogP contribution in [-0.4, -0.2) is 47.5 Å². The van der Waals surface area contributed by atoms with Crippen LogP contribution >= 0.6 is 0 Å². The van der Waals surface area contributed by atoms with Gasteiger partial charge >= 0.3 is 0 Å². The van der Waals surface area contributed by atoms with Crippen LogP contribution in [0, 0.1) is 35.5 Å². The van der Waals surface area contributed by atoms with Crippen molar-refractivity contribution in [2.75, 3.05) is 13.7 Å². The molecule has 0 saturated carbocycles. The van der Waals surface area contributed by atoms with Gasteiger partial charge in [0.15, 0.2) is 6.35 Å². The first kappa shape index (κ1) is 21.9. The molecule has 7 nitrogen and oxygen atoms in total. The maximum atomic E-state index is 10.7. The van der Waals surface area contributed by atoms with Crippen LogP contribution in [0.1, 0.15) is 43.4 Å². The fourth-order valence-corrected chi connectivity index (χ4v) is 3.83. The highest BCUT2D eigenvalue weighted by Gasteiger charge is 2.40. The van der Waals surface area contributed by atoms with Gasteiger partial charge in [-0.15, -0.1) is 0 Å². The van der Waals surface area contributed by atoms with Gasteiger partial charge in [0.25, 0.3) is 0 Å². The van der Waals surface area contributed by atoms with Crippen molar-refractivity contribution >= 4 is 0 Å². The van der Waals surface area contributed by atoms with Crippen molar-refractivity contribution in [2.45, 2.75) is 52.3 Å². The van der Waals surface area contributed by atoms with E-state index in [1.54, 1.807) is 24.1 Å². The molecule has 7 heteroatoms. The minimum atomic E-state index is -1.16. The Labute approximate surface area is 166 Å². The van der Waals surface area contributed by atoms with Crippen LogP contribution in [0.3, 0.4) is 0 Å². The number of rotatable bonds is 6. The second-order valence-electron chi connectivity index (χ2n) is 7.28. The molecule has 2 rings (SSSR count). The number of nitrogens with one attached hydrogen (secondary N) is 1. The maximum Gasteiger partial charge on any atom is 0.186 e. The van der Waals surface area contributed by atoms with Crippen LogP contribution < -0.4 is 5.32 Å². The molecular formula is C21H28N4O3. The highest BCUT2D eigenvalue weighted by Crippen LogP contribution is 2.37. The van der Waals surface area contributed by atoms with Crippen molar-refractivity contribution < 1.29 is 14.9 Å². The van der Waals surface area contributed by atoms with Gasteiger partial charge in [0.05, 0.1) is 23.8 Å². The van der Waals surface area contributed by atoms with Gasteiger partial charge in [0.1, 0.15) is 12.1 Å². The van der Waals surface area contributed by atoms with E-state index >= 15 is 0 Å². The van der Waals surface area contributed by atoms with Gasteiger partial charge in [-0.1, -0.05) is 19.9 Å². The first-order valence-corrected chi connectivity index (χ1v) is 9.35. The molecule has 1 aromatic carbocycles. The van der Waals surface area contributed by atoms with Crippen molar-refractivity contribution in [3.05, 3.63) is 46.2 Å². The number of ether oxygens (including phenoxy) is 1. The third-order valence-electron chi connectivity index (χ3n) is 4.97. The van der Waals surface area contributed by atoms with Gasteiger partial charge in [-0.2, -0.15) is 10.5 Å². The summed E-state index contributed by atoms with van der Waals surface area (Å²) in [5.74, 6) is -0.739. The van der Waals surface area contributed by atoms with Crippen molar-refractivity contribution in [2.24, 2.45) is 5.92 Å². The summed E-state index contributed by atoms with van der Waals surface area (Å²) in [7, 11) is 1.56. The molecule has 28 heavy (non-hydrogen) atoms. The zero-order valence-corrected chi connectivity index (χ0v) is 17.0. The average molecular weight is 384 g/mol. The van der Waals surface area contributed by atoms with Crippen LogP contribution in [0.4, 0.5) is 0 Å². The van der Waals surface area contributed by atoms with E-state index in [9.17, 15) is 20.7 Å². The Bertz CT molecular complexity index is 822. The number of allylic oxidation sites excluding steroid dienone is 1. The molecule has 0 saturated heterocycles. The quantitative estimate of drug-likeness (QED) is 0.687. The third kappa shape index (κ3) is 4.19. The molecule has 0 amide bonds. The predicted octanol–water partition coefficient (Wildman–Crippen LogP) is 1.92. The normalized spacial score (nSPS) is 22.0. The van der Waals surface area contributed by atoms with E-state index in [1.165, 1.54) is 0 Å². The van der Waals surface area contributed by atoms with Crippen molar-refractivity contribution in [1.29, 1.82) is 10.5 Å². The number of methoxy groups -OCH3 is 1. The number of aliphatic hydroxyl groups excluding tert-OH is 2. The van der Waals surface area contributed by atoms with E-state index in [4.69, 9.17) is 4.74 Å². The van der Waals surface area contributed by atoms with Crippen LogP contribution in [0.5, 0.6) is 0 Å². The van der Waals surface area contributed by atoms with E-state index < -0.39 is 24.6 Å². The molecule has 4 unspecified atom stereocenters. The zero-order valence-electron chi connectivity index (χ0n) is 17.0. The standard InChI is InChI=1S/C21H28N4O3/c1-6-25-18(16(11-23)15-8-13(4)7-14(9-15)10-22)17(19(28-5)12(2)3)20(26)24-21(25)27/h7-9,12,16,19-21,24,26-27H,6H2,1-5H3. The number of likely N-dealkylation sites (N-methyl/N-ethyl adjacent to an activating group) is 1. The zero-order chi connectivity index (χ0) is 21.0. The number of nitrogens with zero attached hydrogens (tertiary/aromatic N) is 3. The summed E-state index contributed by atoms with van der Waals surface area (Å²) in [6, 6.07) is 9.71. The van der Waals surface area contributed by atoms with E-state index in [0.29, 0.717) is 28.9 Å². The van der Waals surface area contributed by atoms with Crippen LogP contribution in [-0.2, 0) is 4.74 Å². The predicted molar refractivity (Wildman–Crippen MR) is 104 cm³/mol. The Morgan fingerprint density at radius 3 is 2.43 bits per heavy atom. The molecule has 1 heterocycles. The molecule has 0 radical (unpaired) electrons. The van der Waals surface area contributed by atoms with Gasteiger partial charge in [-0.25, -0.2) is 5.32 Å². The van der Waals surface area contributed by atoms with Gasteiger partial charge in [-0.3, -0.25) is 0 Å². The number of hydrogen-bond acceptors (Lipinski definition) is 7. The van der Waals surface area contributed by atoms with E-state index in [-0.39, 0.29) is 5.92 Å². The summed E-state index contributed by atoms with van der Waals surface area (Å²) in [5.41, 5.74) is 3.00. The highest BCUT2D eigenvalue weighted by atomic mass is 16.5. The summed E-state index contributed by atoms with van der Waals surface area (Å²) >= 11 is 0. The summed E-state index contributed by atoms with van der Waals surface area (Å²) in [5, 5.41) is 43.3. The summed E-state index contributed by atoms with van der Waals surface area (Å²) in [6.07, 6.45) is -2.74. The van der Waals surface area contributed by atoms with Crippen molar-refractivity contribution in [3.63, 3.8) is 0 Å². The smallest absolute Gasteiger partial charge is 0.186 e. The largest absolute Gasteiger partial charge is 0.377 e. The SMILES string of the molecule is CCN1C(C(C#N)c2cc(C)cc(C#N)c2)=C(C(OC)C(C)C)C(O)NC1O. The Balaban J connectivity index is 2.78. The monoisotopic (exact) mass is 384 g/mol. The van der Waals surface area contributed by atoms with E-state index in [1.807, 2.05) is 33.8 Å². The number of hydrogen-bond donors (Lipinski definition) is 3. The van der Waals surface area contributed by atoms with E-state index in [0.717, 1.165) is 5.56 Å². The molecule has 0 aromatic heterocycles. The van der Waals surface area contributed by atoms with Crippen LogP contribution in [0.25, 0.3) is 0 Å². The molecule has 1 aliphatic heterocycles. The summed E-state index contributed by atoms with van der Waals surface area (Å²) < 4.78 is 5.65. The first-order chi connectivity index (χ1) is 13.3. The molecule has 1 aromatic rings. The number of benzene rings is 1. The number of aliphatic hydroxyl groups is 2. The Morgan fingerprint density at radius 1 is 1.25 bits per heavy atom. The number of nitriles is 2. The lowest BCUT2D eigenvalue weighted by Crippen LogP contribution is -2.57. The lowest BCUT2D eigenvalue weighted by molar-refractivity contribution is -0.0640. The molecule has 4 atom stereocenters. The van der Waals surface area contributed by atoms with Gasteiger partial charge in [0.2, 0.25) is 0 Å². The minimum absolute atomic E-state index is 0.0342. The first-order valence-electron chi connectivity index (χ1n) is 9.35. The minimum Gasteiger partial charge on any atom is -0.377 e. The second kappa shape index (κ2) is 9.18. The summed E-state index contributed by atoms with van der Waals surface area (Å²) in [6.45, 7) is 8.08. The van der Waals surface area contributed by atoms with Crippen molar-refractivity contribution in [1.82, 2.24) is 10.2 Å². The molecular weight excluding hydrogens is 356 g/mol. The molecule has 3 N–H and O–H groups in total. The van der Waals surface area contributed by atoms with Crippen LogP contribution in [0.2, 0.25) is 0 Å². The topological polar surface area (TPSA) is 113 Å². The lowest BCUT2D eigenvalue weighted by Gasteiger charge is -2.44. The molecule has 0 fully saturated rings. The molecule has 1 aliphatic rings. The van der Waals surface area contributed by atoms with Crippen LogP contribution in [0.15, 0.2) is 29.5 Å². The Hall–Kier alpha value is -2.42. The second-order valence-corrected chi connectivity index (χ2v) is 7.28. The third-order valence-corrected chi connectivity index (χ3v) is 4.97. The van der Waals surface area contributed by atoms with Gasteiger partial charge < -0.3 is 19.8 Å². The van der Waals surface area contributed by atoms with Gasteiger partial charge in [-0.05, 0) is 43.0 Å². The Morgan fingerprint density at radius 2 is 1.93 bits per heavy atom. The highest BCUT2D eigenvalue weighted by molar-refractivity contribution is 5.46. The molecule has 0 bridgehead atoms. The molecule has 150 valence electrons.